The molecule has 1 aromatic heterocycles. The third kappa shape index (κ3) is 2.64. The molecule has 2 heterocycles. The van der Waals surface area contributed by atoms with Crippen LogP contribution >= 0.6 is 0 Å². The number of carboxylic acid groups (broad SMARTS) is 1. The smallest absolute Gasteiger partial charge is 0.335 e. The third-order valence-electron chi connectivity index (χ3n) is 3.78. The van der Waals surface area contributed by atoms with Crippen LogP contribution < -0.4 is 0 Å². The molecule has 0 saturated carbocycles. The summed E-state index contributed by atoms with van der Waals surface area (Å²) in [5, 5.41) is 18.1. The van der Waals surface area contributed by atoms with E-state index in [1.807, 2.05) is 4.57 Å². The van der Waals surface area contributed by atoms with Crippen LogP contribution in [-0.4, -0.2) is 38.9 Å². The van der Waals surface area contributed by atoms with Gasteiger partial charge in [-0.3, -0.25) is 0 Å². The van der Waals surface area contributed by atoms with Crippen LogP contribution in [0, 0.1) is 0 Å². The molecule has 0 spiro atoms. The fraction of sp³-hybridized carbons (Fsp3) is 0.467. The Hall–Kier alpha value is -1.92. The molecule has 3 rings (SSSR count). The van der Waals surface area contributed by atoms with Crippen LogP contribution in [0.5, 0.6) is 0 Å². The first-order valence-electron chi connectivity index (χ1n) is 7.16. The first kappa shape index (κ1) is 14.0. The summed E-state index contributed by atoms with van der Waals surface area (Å²) in [5.74, 6) is -0.126. The monoisotopic (exact) mass is 290 g/mol. The number of aromatic nitrogens is 2. The van der Waals surface area contributed by atoms with E-state index in [-0.39, 0.29) is 18.3 Å². The van der Waals surface area contributed by atoms with Crippen LogP contribution in [0.3, 0.4) is 0 Å². The third-order valence-corrected chi connectivity index (χ3v) is 3.78. The molecule has 21 heavy (non-hydrogen) atoms. The molecular weight excluding hydrogens is 272 g/mol. The van der Waals surface area contributed by atoms with E-state index in [0.717, 1.165) is 30.8 Å². The number of aliphatic hydroxyl groups excluding tert-OH is 1. The van der Waals surface area contributed by atoms with Gasteiger partial charge in [0.05, 0.1) is 16.6 Å². The Morgan fingerprint density at radius 1 is 1.48 bits per heavy atom. The summed E-state index contributed by atoms with van der Waals surface area (Å²) in [6, 6.07) is 4.95. The lowest BCUT2D eigenvalue weighted by Crippen LogP contribution is -2.09. The molecule has 0 bridgehead atoms. The van der Waals surface area contributed by atoms with Gasteiger partial charge in [0.2, 0.25) is 0 Å². The van der Waals surface area contributed by atoms with Crippen LogP contribution in [0.25, 0.3) is 11.0 Å². The lowest BCUT2D eigenvalue weighted by atomic mass is 10.2. The number of rotatable bonds is 5. The minimum absolute atomic E-state index is 0.0376. The number of imidazole rings is 1. The standard InChI is InChI=1S/C15H18N2O4/c18-7-2-6-17-12-5-4-10(15(19)20)9-11(12)16-14(17)13-3-1-8-21-13/h4-5,9,13,18H,1-3,6-8H2,(H,19,20). The number of benzene rings is 1. The van der Waals surface area contributed by atoms with Gasteiger partial charge in [0.25, 0.3) is 0 Å². The molecule has 1 atom stereocenters. The predicted octanol–water partition coefficient (Wildman–Crippen LogP) is 1.97. The van der Waals surface area contributed by atoms with Gasteiger partial charge >= 0.3 is 5.97 Å². The molecule has 1 unspecified atom stereocenters. The van der Waals surface area contributed by atoms with Crippen LogP contribution in [-0.2, 0) is 11.3 Å². The highest BCUT2D eigenvalue weighted by Gasteiger charge is 2.24. The van der Waals surface area contributed by atoms with E-state index in [9.17, 15) is 4.79 Å². The van der Waals surface area contributed by atoms with Crippen molar-refractivity contribution in [1.29, 1.82) is 0 Å². The Balaban J connectivity index is 2.08. The summed E-state index contributed by atoms with van der Waals surface area (Å²) in [4.78, 5) is 15.7. The number of hydrogen-bond donors (Lipinski definition) is 2. The summed E-state index contributed by atoms with van der Waals surface area (Å²) in [6.45, 7) is 1.49. The van der Waals surface area contributed by atoms with Gasteiger partial charge in [-0.05, 0) is 37.5 Å². The molecule has 1 aliphatic rings. The Morgan fingerprint density at radius 2 is 2.33 bits per heavy atom. The van der Waals surface area contributed by atoms with E-state index in [1.165, 1.54) is 0 Å². The van der Waals surface area contributed by atoms with Crippen LogP contribution in [0.4, 0.5) is 0 Å². The van der Waals surface area contributed by atoms with Crippen molar-refractivity contribution in [3.8, 4) is 0 Å². The Morgan fingerprint density at radius 3 is 3.00 bits per heavy atom. The Labute approximate surface area is 122 Å². The molecule has 1 aliphatic heterocycles. The first-order valence-corrected chi connectivity index (χ1v) is 7.16. The van der Waals surface area contributed by atoms with Crippen LogP contribution in [0.2, 0.25) is 0 Å². The molecule has 0 amide bonds. The second-order valence-electron chi connectivity index (χ2n) is 5.21. The molecular formula is C15H18N2O4. The summed E-state index contributed by atoms with van der Waals surface area (Å²) in [6.07, 6.45) is 2.53. The fourth-order valence-electron chi connectivity index (χ4n) is 2.77. The largest absolute Gasteiger partial charge is 0.478 e. The predicted molar refractivity (Wildman–Crippen MR) is 76.3 cm³/mol. The highest BCUT2D eigenvalue weighted by molar-refractivity contribution is 5.92. The number of ether oxygens (including phenoxy) is 1. The van der Waals surface area contributed by atoms with Gasteiger partial charge in [0, 0.05) is 19.8 Å². The van der Waals surface area contributed by atoms with E-state index in [1.54, 1.807) is 18.2 Å². The number of aliphatic hydroxyl groups is 1. The topological polar surface area (TPSA) is 84.6 Å². The number of carboxylic acids is 1. The zero-order valence-electron chi connectivity index (χ0n) is 11.7. The first-order chi connectivity index (χ1) is 10.2. The average molecular weight is 290 g/mol. The molecule has 6 nitrogen and oxygen atoms in total. The van der Waals surface area contributed by atoms with Crippen molar-refractivity contribution in [2.75, 3.05) is 13.2 Å². The minimum Gasteiger partial charge on any atom is -0.478 e. The highest BCUT2D eigenvalue weighted by atomic mass is 16.5. The van der Waals surface area contributed by atoms with Crippen molar-refractivity contribution in [3.05, 3.63) is 29.6 Å². The summed E-state index contributed by atoms with van der Waals surface area (Å²) in [5.41, 5.74) is 1.78. The minimum atomic E-state index is -0.958. The van der Waals surface area contributed by atoms with Gasteiger partial charge in [-0.2, -0.15) is 0 Å². The van der Waals surface area contributed by atoms with Crippen LogP contribution in [0.15, 0.2) is 18.2 Å². The van der Waals surface area contributed by atoms with Crippen molar-refractivity contribution < 1.29 is 19.7 Å². The van der Waals surface area contributed by atoms with Gasteiger partial charge in [0.1, 0.15) is 11.9 Å². The van der Waals surface area contributed by atoms with Gasteiger partial charge in [-0.15, -0.1) is 0 Å². The second kappa shape index (κ2) is 5.83. The molecule has 112 valence electrons. The number of aromatic carboxylic acids is 1. The molecule has 6 heteroatoms. The van der Waals surface area contributed by atoms with E-state index in [2.05, 4.69) is 4.98 Å². The average Bonchev–Trinajstić information content (AvgIpc) is 3.11. The molecule has 1 saturated heterocycles. The number of carbonyl (C=O) groups is 1. The van der Waals surface area contributed by atoms with Gasteiger partial charge in [-0.25, -0.2) is 9.78 Å². The van der Waals surface area contributed by atoms with Gasteiger partial charge in [0.15, 0.2) is 0 Å². The Bertz CT molecular complexity index is 659. The maximum atomic E-state index is 11.1. The zero-order chi connectivity index (χ0) is 14.8. The Kier molecular flexibility index (Phi) is 3.90. The molecule has 0 aliphatic carbocycles. The lowest BCUT2D eigenvalue weighted by molar-refractivity contribution is 0.0697. The summed E-state index contributed by atoms with van der Waals surface area (Å²) < 4.78 is 7.74. The van der Waals surface area contributed by atoms with Crippen molar-refractivity contribution in [3.63, 3.8) is 0 Å². The lowest BCUT2D eigenvalue weighted by Gasteiger charge is -2.12. The van der Waals surface area contributed by atoms with Crippen molar-refractivity contribution in [2.24, 2.45) is 0 Å². The number of hydrogen-bond acceptors (Lipinski definition) is 4. The van der Waals surface area contributed by atoms with E-state index in [4.69, 9.17) is 14.9 Å². The zero-order valence-corrected chi connectivity index (χ0v) is 11.7. The van der Waals surface area contributed by atoms with E-state index in [0.29, 0.717) is 18.5 Å². The maximum absolute atomic E-state index is 11.1. The molecule has 1 fully saturated rings. The summed E-state index contributed by atoms with van der Waals surface area (Å²) >= 11 is 0. The second-order valence-corrected chi connectivity index (χ2v) is 5.21. The van der Waals surface area contributed by atoms with Crippen molar-refractivity contribution >= 4 is 17.0 Å². The maximum Gasteiger partial charge on any atom is 0.335 e. The molecule has 0 radical (unpaired) electrons. The molecule has 2 N–H and O–H groups in total. The highest BCUT2D eigenvalue weighted by Crippen LogP contribution is 2.31. The SMILES string of the molecule is O=C(O)c1ccc2c(c1)nc(C1CCCO1)n2CCCO. The summed E-state index contributed by atoms with van der Waals surface area (Å²) in [7, 11) is 0. The molecule has 1 aromatic carbocycles. The van der Waals surface area contributed by atoms with Gasteiger partial charge < -0.3 is 19.5 Å². The number of fused-ring (bicyclic) bond motifs is 1. The van der Waals surface area contributed by atoms with E-state index < -0.39 is 5.97 Å². The number of nitrogens with zero attached hydrogens (tertiary/aromatic N) is 2. The van der Waals surface area contributed by atoms with Crippen molar-refractivity contribution in [1.82, 2.24) is 9.55 Å². The van der Waals surface area contributed by atoms with Gasteiger partial charge in [-0.1, -0.05) is 0 Å². The normalized spacial score (nSPS) is 18.4. The number of aryl methyl sites for hydroxylation is 1. The quantitative estimate of drug-likeness (QED) is 0.879. The molecule has 2 aromatic rings. The fourth-order valence-corrected chi connectivity index (χ4v) is 2.77. The van der Waals surface area contributed by atoms with E-state index >= 15 is 0 Å². The van der Waals surface area contributed by atoms with Crippen LogP contribution in [0.1, 0.15) is 41.5 Å². The van der Waals surface area contributed by atoms with Crippen molar-refractivity contribution in [2.45, 2.75) is 31.9 Å².